The summed E-state index contributed by atoms with van der Waals surface area (Å²) in [5, 5.41) is 15.6. The van der Waals surface area contributed by atoms with Gasteiger partial charge in [-0.05, 0) is 12.1 Å². The fourth-order valence-corrected chi connectivity index (χ4v) is 1.38. The summed E-state index contributed by atoms with van der Waals surface area (Å²) in [4.78, 5) is 32.4. The van der Waals surface area contributed by atoms with Gasteiger partial charge in [0.25, 0.3) is 5.91 Å². The highest BCUT2D eigenvalue weighted by Gasteiger charge is 2.16. The molecule has 0 aromatic heterocycles. The van der Waals surface area contributed by atoms with Crippen LogP contribution in [0.2, 0.25) is 5.02 Å². The summed E-state index contributed by atoms with van der Waals surface area (Å²) in [6.07, 6.45) is 0. The lowest BCUT2D eigenvalue weighted by Gasteiger charge is -2.07. The van der Waals surface area contributed by atoms with E-state index in [1.807, 2.05) is 0 Å². The van der Waals surface area contributed by atoms with E-state index in [0.29, 0.717) is 0 Å². The van der Waals surface area contributed by atoms with Crippen molar-refractivity contribution >= 4 is 29.1 Å². The van der Waals surface area contributed by atoms with E-state index in [1.54, 1.807) is 0 Å². The fourth-order valence-electron chi connectivity index (χ4n) is 1.22. The molecule has 0 aliphatic rings. The lowest BCUT2D eigenvalue weighted by molar-refractivity contribution is -0.385. The van der Waals surface area contributed by atoms with Crippen LogP contribution in [0.4, 0.5) is 5.69 Å². The average molecular weight is 302 g/mol. The molecule has 0 aliphatic carbocycles. The Balaban J connectivity index is 2.59. The van der Waals surface area contributed by atoms with Gasteiger partial charge in [-0.3, -0.25) is 19.7 Å². The lowest BCUT2D eigenvalue weighted by atomic mass is 10.3. The summed E-state index contributed by atoms with van der Waals surface area (Å²) in [6.45, 7) is -0.638. The predicted octanol–water partition coefficient (Wildman–Crippen LogP) is 0.489. The highest BCUT2D eigenvalue weighted by Crippen LogP contribution is 2.29. The molecular weight excluding hydrogens is 290 g/mol. The number of halogens is 1. The maximum Gasteiger partial charge on any atom is 0.312 e. The van der Waals surface area contributed by atoms with Gasteiger partial charge in [0.2, 0.25) is 5.91 Å². The minimum absolute atomic E-state index is 0.0745. The Labute approximate surface area is 119 Å². The molecule has 0 saturated heterocycles. The Bertz CT molecular complexity index is 535. The van der Waals surface area contributed by atoms with Gasteiger partial charge in [-0.25, -0.2) is 0 Å². The molecule has 20 heavy (non-hydrogen) atoms. The van der Waals surface area contributed by atoms with Crippen molar-refractivity contribution in [1.82, 2.24) is 10.6 Å². The molecule has 1 rings (SSSR count). The number of rotatable bonds is 6. The van der Waals surface area contributed by atoms with Crippen LogP contribution in [0.5, 0.6) is 5.75 Å². The van der Waals surface area contributed by atoms with Gasteiger partial charge in [0, 0.05) is 18.1 Å². The van der Waals surface area contributed by atoms with E-state index in [-0.39, 0.29) is 28.9 Å². The summed E-state index contributed by atoms with van der Waals surface area (Å²) in [5.41, 5.74) is -0.336. The maximum absolute atomic E-state index is 11.4. The molecule has 108 valence electrons. The zero-order valence-corrected chi connectivity index (χ0v) is 11.3. The van der Waals surface area contributed by atoms with Crippen molar-refractivity contribution in [1.29, 1.82) is 0 Å². The van der Waals surface area contributed by atoms with Crippen LogP contribution in [0.25, 0.3) is 0 Å². The van der Waals surface area contributed by atoms with Gasteiger partial charge >= 0.3 is 5.69 Å². The van der Waals surface area contributed by atoms with Crippen molar-refractivity contribution in [2.75, 3.05) is 20.2 Å². The lowest BCUT2D eigenvalue weighted by Crippen LogP contribution is -2.37. The van der Waals surface area contributed by atoms with Gasteiger partial charge in [-0.15, -0.1) is 0 Å². The molecule has 2 N–H and O–H groups in total. The first kappa shape index (κ1) is 15.7. The molecule has 0 radical (unpaired) electrons. The maximum atomic E-state index is 11.4. The van der Waals surface area contributed by atoms with Gasteiger partial charge in [0.05, 0.1) is 11.5 Å². The van der Waals surface area contributed by atoms with Crippen LogP contribution in [0.1, 0.15) is 0 Å². The number of carbonyl (C=O) groups excluding carboxylic acids is 2. The van der Waals surface area contributed by atoms with Gasteiger partial charge in [-0.1, -0.05) is 11.6 Å². The molecule has 0 saturated carbocycles. The summed E-state index contributed by atoms with van der Waals surface area (Å²) in [5.74, 6) is -1.01. The first-order valence-corrected chi connectivity index (χ1v) is 5.86. The van der Waals surface area contributed by atoms with Crippen molar-refractivity contribution in [2.45, 2.75) is 0 Å². The molecule has 1 aromatic carbocycles. The normalized spacial score (nSPS) is 9.70. The molecule has 0 bridgehead atoms. The van der Waals surface area contributed by atoms with Crippen molar-refractivity contribution in [3.63, 3.8) is 0 Å². The summed E-state index contributed by atoms with van der Waals surface area (Å²) in [7, 11) is 1.43. The quantitative estimate of drug-likeness (QED) is 0.587. The van der Waals surface area contributed by atoms with Crippen LogP contribution in [0.3, 0.4) is 0 Å². The van der Waals surface area contributed by atoms with Crippen LogP contribution in [-0.4, -0.2) is 36.9 Å². The summed E-state index contributed by atoms with van der Waals surface area (Å²) >= 11 is 5.64. The number of amides is 2. The Morgan fingerprint density at radius 1 is 1.40 bits per heavy atom. The van der Waals surface area contributed by atoms with E-state index in [2.05, 4.69) is 10.6 Å². The van der Waals surface area contributed by atoms with Crippen molar-refractivity contribution < 1.29 is 19.2 Å². The standard InChI is InChI=1S/C11H12ClN3O5/c1-13-10(16)5-14-11(17)6-20-9-3-2-7(12)4-8(9)15(18)19/h2-4H,5-6H2,1H3,(H,13,16)(H,14,17). The Hall–Kier alpha value is -2.35. The number of nitro groups is 1. The third-order valence-electron chi connectivity index (χ3n) is 2.20. The number of likely N-dealkylation sites (N-methyl/N-ethyl adjacent to an activating group) is 1. The first-order chi connectivity index (χ1) is 9.43. The fraction of sp³-hybridized carbons (Fsp3) is 0.273. The minimum Gasteiger partial charge on any atom is -0.477 e. The number of hydrogen-bond acceptors (Lipinski definition) is 5. The van der Waals surface area contributed by atoms with Gasteiger partial charge in [0.15, 0.2) is 12.4 Å². The van der Waals surface area contributed by atoms with E-state index in [9.17, 15) is 19.7 Å². The number of nitrogens with zero attached hydrogens (tertiary/aromatic N) is 1. The second-order valence-corrected chi connectivity index (χ2v) is 4.04. The largest absolute Gasteiger partial charge is 0.477 e. The molecule has 0 fully saturated rings. The van der Waals surface area contributed by atoms with E-state index in [0.717, 1.165) is 6.07 Å². The third-order valence-corrected chi connectivity index (χ3v) is 2.44. The summed E-state index contributed by atoms with van der Waals surface area (Å²) in [6, 6.07) is 3.83. The third kappa shape index (κ3) is 4.73. The number of nitrogens with one attached hydrogen (secondary N) is 2. The van der Waals surface area contributed by atoms with E-state index < -0.39 is 17.4 Å². The second-order valence-electron chi connectivity index (χ2n) is 3.61. The van der Waals surface area contributed by atoms with Crippen molar-refractivity contribution in [2.24, 2.45) is 0 Å². The van der Waals surface area contributed by atoms with E-state index >= 15 is 0 Å². The molecule has 2 amide bonds. The highest BCUT2D eigenvalue weighted by molar-refractivity contribution is 6.30. The number of ether oxygens (including phenoxy) is 1. The molecule has 9 heteroatoms. The zero-order valence-electron chi connectivity index (χ0n) is 10.5. The Morgan fingerprint density at radius 3 is 2.70 bits per heavy atom. The monoisotopic (exact) mass is 301 g/mol. The smallest absolute Gasteiger partial charge is 0.312 e. The second kappa shape index (κ2) is 7.29. The SMILES string of the molecule is CNC(=O)CNC(=O)COc1ccc(Cl)cc1[N+](=O)[O-]. The molecule has 0 unspecified atom stereocenters. The zero-order chi connectivity index (χ0) is 15.1. The van der Waals surface area contributed by atoms with Crippen molar-refractivity contribution in [3.8, 4) is 5.75 Å². The van der Waals surface area contributed by atoms with Crippen LogP contribution in [-0.2, 0) is 9.59 Å². The molecule has 0 aliphatic heterocycles. The van der Waals surface area contributed by atoms with E-state index in [1.165, 1.54) is 19.2 Å². The van der Waals surface area contributed by atoms with Crippen LogP contribution in [0, 0.1) is 10.1 Å². The van der Waals surface area contributed by atoms with Crippen molar-refractivity contribution in [3.05, 3.63) is 33.3 Å². The predicted molar refractivity (Wildman–Crippen MR) is 70.7 cm³/mol. The molecular formula is C11H12ClN3O5. The molecule has 0 atom stereocenters. The van der Waals surface area contributed by atoms with Crippen LogP contribution < -0.4 is 15.4 Å². The van der Waals surface area contributed by atoms with E-state index in [4.69, 9.17) is 16.3 Å². The van der Waals surface area contributed by atoms with Crippen LogP contribution >= 0.6 is 11.6 Å². The average Bonchev–Trinajstić information content (AvgIpc) is 2.43. The first-order valence-electron chi connectivity index (χ1n) is 5.48. The molecule has 0 heterocycles. The minimum atomic E-state index is -0.663. The highest BCUT2D eigenvalue weighted by atomic mass is 35.5. The number of nitro benzene ring substituents is 1. The van der Waals surface area contributed by atoms with Gasteiger partial charge < -0.3 is 15.4 Å². The summed E-state index contributed by atoms with van der Waals surface area (Å²) < 4.78 is 5.04. The number of carbonyl (C=O) groups is 2. The van der Waals surface area contributed by atoms with Gasteiger partial charge in [0.1, 0.15) is 0 Å². The van der Waals surface area contributed by atoms with Crippen LogP contribution in [0.15, 0.2) is 18.2 Å². The molecule has 8 nitrogen and oxygen atoms in total. The Morgan fingerprint density at radius 2 is 2.10 bits per heavy atom. The van der Waals surface area contributed by atoms with Gasteiger partial charge in [-0.2, -0.15) is 0 Å². The topological polar surface area (TPSA) is 111 Å². The number of benzene rings is 1. The Kier molecular flexibility index (Phi) is 5.73. The molecule has 1 aromatic rings. The number of hydrogen-bond donors (Lipinski definition) is 2. The molecule has 0 spiro atoms.